The first-order valence-electron chi connectivity index (χ1n) is 7.85. The molecule has 3 atom stereocenters. The van der Waals surface area contributed by atoms with Gasteiger partial charge in [-0.05, 0) is 33.0 Å². The number of nitrogens with zero attached hydrogens (tertiary/aromatic N) is 2. The van der Waals surface area contributed by atoms with Crippen LogP contribution in [0.4, 0.5) is 0 Å². The van der Waals surface area contributed by atoms with E-state index in [1.807, 2.05) is 6.92 Å². The Morgan fingerprint density at radius 2 is 2.00 bits per heavy atom. The molecule has 1 aliphatic rings. The van der Waals surface area contributed by atoms with Crippen LogP contribution in [0.5, 0.6) is 0 Å². The maximum atomic E-state index is 10.0. The summed E-state index contributed by atoms with van der Waals surface area (Å²) in [6.45, 7) is 12.4. The highest BCUT2D eigenvalue weighted by Crippen LogP contribution is 2.15. The van der Waals surface area contributed by atoms with Crippen LogP contribution in [-0.4, -0.2) is 86.2 Å². The number of aliphatic hydroxyl groups is 1. The summed E-state index contributed by atoms with van der Waals surface area (Å²) in [5.74, 6) is 0. The van der Waals surface area contributed by atoms with Crippen LogP contribution in [0.1, 0.15) is 27.2 Å². The molecule has 20 heavy (non-hydrogen) atoms. The zero-order chi connectivity index (χ0) is 15.0. The molecule has 0 radical (unpaired) electrons. The Morgan fingerprint density at radius 3 is 2.60 bits per heavy atom. The summed E-state index contributed by atoms with van der Waals surface area (Å²) in [5.41, 5.74) is 0. The SMILES string of the molecule is CCN(CC)C1CCN(CC(O)COC(C)COC)C1. The summed E-state index contributed by atoms with van der Waals surface area (Å²) < 4.78 is 10.6. The van der Waals surface area contributed by atoms with Crippen molar-refractivity contribution in [2.75, 3.05) is 53.0 Å². The summed E-state index contributed by atoms with van der Waals surface area (Å²) in [6.07, 6.45) is 0.830. The first-order valence-corrected chi connectivity index (χ1v) is 7.85. The molecule has 5 heteroatoms. The van der Waals surface area contributed by atoms with Crippen LogP contribution in [0.2, 0.25) is 0 Å². The minimum atomic E-state index is -0.412. The molecule has 0 bridgehead atoms. The van der Waals surface area contributed by atoms with E-state index in [0.717, 1.165) is 26.2 Å². The third-order valence-electron chi connectivity index (χ3n) is 4.02. The number of likely N-dealkylation sites (tertiary alicyclic amines) is 1. The number of ether oxygens (including phenoxy) is 2. The fraction of sp³-hybridized carbons (Fsp3) is 1.00. The molecular formula is C15H32N2O3. The highest BCUT2D eigenvalue weighted by molar-refractivity contribution is 4.83. The molecule has 0 aliphatic carbocycles. The molecule has 0 aromatic rings. The van der Waals surface area contributed by atoms with Crippen LogP contribution in [-0.2, 0) is 9.47 Å². The molecule has 5 nitrogen and oxygen atoms in total. The number of rotatable bonds is 10. The van der Waals surface area contributed by atoms with Crippen molar-refractivity contribution < 1.29 is 14.6 Å². The van der Waals surface area contributed by atoms with E-state index in [-0.39, 0.29) is 6.10 Å². The molecule has 0 spiro atoms. The van der Waals surface area contributed by atoms with Gasteiger partial charge in [0.25, 0.3) is 0 Å². The standard InChI is InChI=1S/C15H32N2O3/c1-5-17(6-2)14-7-8-16(9-14)10-15(18)12-20-13(3)11-19-4/h13-15,18H,5-12H2,1-4H3. The van der Waals surface area contributed by atoms with Gasteiger partial charge < -0.3 is 14.6 Å². The molecule has 0 aromatic carbocycles. The number of hydrogen-bond acceptors (Lipinski definition) is 5. The predicted molar refractivity (Wildman–Crippen MR) is 81.1 cm³/mol. The first kappa shape index (κ1) is 17.9. The predicted octanol–water partition coefficient (Wildman–Crippen LogP) is 0.815. The normalized spacial score (nSPS) is 23.4. The topological polar surface area (TPSA) is 45.2 Å². The highest BCUT2D eigenvalue weighted by atomic mass is 16.5. The van der Waals surface area contributed by atoms with Gasteiger partial charge in [0.1, 0.15) is 0 Å². The summed E-state index contributed by atoms with van der Waals surface area (Å²) in [5, 5.41) is 10.0. The van der Waals surface area contributed by atoms with Gasteiger partial charge in [-0.3, -0.25) is 9.80 Å². The monoisotopic (exact) mass is 288 g/mol. The molecule has 0 amide bonds. The van der Waals surface area contributed by atoms with Gasteiger partial charge in [-0.2, -0.15) is 0 Å². The molecule has 0 aromatic heterocycles. The second-order valence-electron chi connectivity index (χ2n) is 5.68. The third-order valence-corrected chi connectivity index (χ3v) is 4.02. The molecule has 1 N–H and O–H groups in total. The lowest BCUT2D eigenvalue weighted by Crippen LogP contribution is -2.39. The summed E-state index contributed by atoms with van der Waals surface area (Å²) in [4.78, 5) is 4.85. The van der Waals surface area contributed by atoms with Crippen LogP contribution >= 0.6 is 0 Å². The van der Waals surface area contributed by atoms with Crippen molar-refractivity contribution >= 4 is 0 Å². The molecule has 3 unspecified atom stereocenters. The van der Waals surface area contributed by atoms with E-state index >= 15 is 0 Å². The van der Waals surface area contributed by atoms with E-state index < -0.39 is 6.10 Å². The van der Waals surface area contributed by atoms with Crippen LogP contribution in [0, 0.1) is 0 Å². The first-order chi connectivity index (χ1) is 9.60. The second-order valence-corrected chi connectivity index (χ2v) is 5.68. The smallest absolute Gasteiger partial charge is 0.0900 e. The molecular weight excluding hydrogens is 256 g/mol. The summed E-state index contributed by atoms with van der Waals surface area (Å²) >= 11 is 0. The maximum absolute atomic E-state index is 10.0. The van der Waals surface area contributed by atoms with E-state index in [1.165, 1.54) is 6.42 Å². The average Bonchev–Trinajstić information content (AvgIpc) is 2.87. The lowest BCUT2D eigenvalue weighted by Gasteiger charge is -2.27. The van der Waals surface area contributed by atoms with Crippen LogP contribution in [0.25, 0.3) is 0 Å². The van der Waals surface area contributed by atoms with Crippen molar-refractivity contribution in [2.45, 2.75) is 45.4 Å². The van der Waals surface area contributed by atoms with Crippen molar-refractivity contribution in [1.82, 2.24) is 9.80 Å². The molecule has 0 saturated carbocycles. The molecule has 1 aliphatic heterocycles. The van der Waals surface area contributed by atoms with Gasteiger partial charge in [-0.15, -0.1) is 0 Å². The fourth-order valence-electron chi connectivity index (χ4n) is 2.92. The van der Waals surface area contributed by atoms with Gasteiger partial charge in [0.15, 0.2) is 0 Å². The molecule has 1 rings (SSSR count). The van der Waals surface area contributed by atoms with Gasteiger partial charge in [0, 0.05) is 26.2 Å². The second kappa shape index (κ2) is 9.68. The van der Waals surface area contributed by atoms with Crippen molar-refractivity contribution in [3.05, 3.63) is 0 Å². The van der Waals surface area contributed by atoms with Crippen molar-refractivity contribution in [3.8, 4) is 0 Å². The minimum Gasteiger partial charge on any atom is -0.389 e. The number of likely N-dealkylation sites (N-methyl/N-ethyl adjacent to an activating group) is 1. The quantitative estimate of drug-likeness (QED) is 0.645. The minimum absolute atomic E-state index is 0.0386. The van der Waals surface area contributed by atoms with Crippen LogP contribution in [0.15, 0.2) is 0 Å². The molecule has 1 fully saturated rings. The van der Waals surface area contributed by atoms with Gasteiger partial charge in [0.05, 0.1) is 25.4 Å². The summed E-state index contributed by atoms with van der Waals surface area (Å²) in [6, 6.07) is 0.644. The Kier molecular flexibility index (Phi) is 8.64. The zero-order valence-corrected chi connectivity index (χ0v) is 13.5. The van der Waals surface area contributed by atoms with Crippen molar-refractivity contribution in [1.29, 1.82) is 0 Å². The number of aliphatic hydroxyl groups excluding tert-OH is 1. The van der Waals surface area contributed by atoms with Crippen molar-refractivity contribution in [2.24, 2.45) is 0 Å². The Hall–Kier alpha value is -0.200. The lowest BCUT2D eigenvalue weighted by molar-refractivity contribution is -0.0385. The number of β-amino-alcohol motifs (C(OH)–C–C–N with tert-alkyl or cyclic N) is 1. The maximum Gasteiger partial charge on any atom is 0.0900 e. The van der Waals surface area contributed by atoms with Gasteiger partial charge in [0.2, 0.25) is 0 Å². The van der Waals surface area contributed by atoms with E-state index in [4.69, 9.17) is 9.47 Å². The van der Waals surface area contributed by atoms with Crippen LogP contribution < -0.4 is 0 Å². The van der Waals surface area contributed by atoms with Crippen molar-refractivity contribution in [3.63, 3.8) is 0 Å². The van der Waals surface area contributed by atoms with Crippen LogP contribution in [0.3, 0.4) is 0 Å². The van der Waals surface area contributed by atoms with Gasteiger partial charge >= 0.3 is 0 Å². The Labute approximate surface area is 123 Å². The van der Waals surface area contributed by atoms with E-state index in [9.17, 15) is 5.11 Å². The van der Waals surface area contributed by atoms with Gasteiger partial charge in [-0.25, -0.2) is 0 Å². The van der Waals surface area contributed by atoms with E-state index in [0.29, 0.717) is 25.8 Å². The number of methoxy groups -OCH3 is 1. The van der Waals surface area contributed by atoms with Gasteiger partial charge in [-0.1, -0.05) is 13.8 Å². The Morgan fingerprint density at radius 1 is 1.30 bits per heavy atom. The molecule has 1 heterocycles. The average molecular weight is 288 g/mol. The molecule has 1 saturated heterocycles. The Bertz CT molecular complexity index is 249. The molecule has 120 valence electrons. The largest absolute Gasteiger partial charge is 0.389 e. The van der Waals surface area contributed by atoms with E-state index in [2.05, 4.69) is 23.6 Å². The Balaban J connectivity index is 2.21. The number of hydrogen-bond donors (Lipinski definition) is 1. The third kappa shape index (κ3) is 6.06. The fourth-order valence-corrected chi connectivity index (χ4v) is 2.92. The zero-order valence-electron chi connectivity index (χ0n) is 13.5. The van der Waals surface area contributed by atoms with E-state index in [1.54, 1.807) is 7.11 Å². The highest BCUT2D eigenvalue weighted by Gasteiger charge is 2.27. The summed E-state index contributed by atoms with van der Waals surface area (Å²) in [7, 11) is 1.66. The lowest BCUT2D eigenvalue weighted by atomic mass is 10.2.